The third-order valence-corrected chi connectivity index (χ3v) is 7.36. The summed E-state index contributed by atoms with van der Waals surface area (Å²) in [6.45, 7) is 17.2. The predicted molar refractivity (Wildman–Crippen MR) is 96.2 cm³/mol. The molecule has 0 aromatic rings. The molecule has 4 nitrogen and oxygen atoms in total. The van der Waals surface area contributed by atoms with Crippen molar-refractivity contribution in [3.05, 3.63) is 0 Å². The fourth-order valence-electron chi connectivity index (χ4n) is 5.64. The molecule has 4 rings (SSSR count). The van der Waals surface area contributed by atoms with Crippen LogP contribution >= 0.6 is 0 Å². The van der Waals surface area contributed by atoms with Gasteiger partial charge in [-0.1, -0.05) is 0 Å². The first-order valence-electron chi connectivity index (χ1n) is 10.1. The number of piperidine rings is 2. The zero-order valence-electron chi connectivity index (χ0n) is 16.1. The Bertz CT molecular complexity index is 453. The van der Waals surface area contributed by atoms with Gasteiger partial charge in [-0.05, 0) is 66.0 Å². The number of ether oxygens (including phenoxy) is 2. The molecule has 24 heavy (non-hydrogen) atoms. The van der Waals surface area contributed by atoms with Crippen LogP contribution in [-0.4, -0.2) is 74.0 Å². The number of rotatable bonds is 3. The normalized spacial score (nSPS) is 36.2. The number of likely N-dealkylation sites (tertiary alicyclic amines) is 2. The highest BCUT2D eigenvalue weighted by Gasteiger charge is 2.57. The number of hydrogen-bond acceptors (Lipinski definition) is 4. The minimum atomic E-state index is 0.423. The molecule has 0 aromatic heterocycles. The van der Waals surface area contributed by atoms with Gasteiger partial charge in [-0.15, -0.1) is 0 Å². The van der Waals surface area contributed by atoms with Crippen LogP contribution in [0.2, 0.25) is 0 Å². The minimum Gasteiger partial charge on any atom is -0.380 e. The summed E-state index contributed by atoms with van der Waals surface area (Å²) in [4.78, 5) is 5.33. The lowest BCUT2D eigenvalue weighted by Gasteiger charge is -2.60. The first-order chi connectivity index (χ1) is 11.4. The second kappa shape index (κ2) is 6.22. The van der Waals surface area contributed by atoms with Gasteiger partial charge in [-0.2, -0.15) is 0 Å². The van der Waals surface area contributed by atoms with Gasteiger partial charge in [-0.3, -0.25) is 4.90 Å². The summed E-state index contributed by atoms with van der Waals surface area (Å²) in [7, 11) is 0. The van der Waals surface area contributed by atoms with E-state index in [1.54, 1.807) is 0 Å². The lowest BCUT2D eigenvalue weighted by atomic mass is 9.62. The van der Waals surface area contributed by atoms with Crippen LogP contribution in [0.3, 0.4) is 0 Å². The third kappa shape index (κ3) is 2.84. The van der Waals surface area contributed by atoms with Crippen LogP contribution < -0.4 is 0 Å². The summed E-state index contributed by atoms with van der Waals surface area (Å²) in [6, 6.07) is 1.31. The van der Waals surface area contributed by atoms with Crippen LogP contribution in [0.5, 0.6) is 0 Å². The lowest BCUT2D eigenvalue weighted by molar-refractivity contribution is -0.254. The van der Waals surface area contributed by atoms with Gasteiger partial charge >= 0.3 is 0 Å². The highest BCUT2D eigenvalue weighted by atomic mass is 16.5. The zero-order chi connectivity index (χ0) is 16.9. The summed E-state index contributed by atoms with van der Waals surface area (Å²) in [6.07, 6.45) is 4.47. The Kier molecular flexibility index (Phi) is 4.48. The molecule has 4 fully saturated rings. The van der Waals surface area contributed by atoms with Crippen molar-refractivity contribution in [1.82, 2.24) is 9.80 Å². The van der Waals surface area contributed by atoms with E-state index in [1.165, 1.54) is 45.4 Å². The Labute approximate surface area is 147 Å². The van der Waals surface area contributed by atoms with Crippen molar-refractivity contribution in [2.45, 2.75) is 65.1 Å². The van der Waals surface area contributed by atoms with Crippen molar-refractivity contribution in [1.29, 1.82) is 0 Å². The highest BCUT2D eigenvalue weighted by molar-refractivity contribution is 5.06. The Hall–Kier alpha value is -0.160. The van der Waals surface area contributed by atoms with Crippen molar-refractivity contribution in [3.8, 4) is 0 Å². The maximum absolute atomic E-state index is 6.26. The van der Waals surface area contributed by atoms with E-state index in [-0.39, 0.29) is 0 Å². The predicted octanol–water partition coefficient (Wildman–Crippen LogP) is 2.62. The molecule has 138 valence electrons. The molecule has 2 atom stereocenters. The van der Waals surface area contributed by atoms with E-state index in [1.807, 2.05) is 0 Å². The molecule has 4 heteroatoms. The first-order valence-corrected chi connectivity index (χ1v) is 10.1. The second-order valence-electron chi connectivity index (χ2n) is 9.70. The molecule has 2 unspecified atom stereocenters. The quantitative estimate of drug-likeness (QED) is 0.791. The van der Waals surface area contributed by atoms with Crippen LogP contribution in [0.15, 0.2) is 0 Å². The second-order valence-corrected chi connectivity index (χ2v) is 9.70. The molecule has 0 radical (unpaired) electrons. The molecule has 2 spiro atoms. The van der Waals surface area contributed by atoms with Crippen LogP contribution in [0, 0.1) is 16.7 Å². The van der Waals surface area contributed by atoms with Crippen molar-refractivity contribution >= 4 is 0 Å². The molecule has 0 aliphatic carbocycles. The van der Waals surface area contributed by atoms with Gasteiger partial charge in [0.2, 0.25) is 0 Å². The van der Waals surface area contributed by atoms with Gasteiger partial charge in [-0.25, -0.2) is 0 Å². The van der Waals surface area contributed by atoms with Crippen LogP contribution in [-0.2, 0) is 9.47 Å². The van der Waals surface area contributed by atoms with Crippen molar-refractivity contribution in [2.75, 3.05) is 46.0 Å². The van der Waals surface area contributed by atoms with Crippen LogP contribution in [0.1, 0.15) is 47.0 Å². The zero-order valence-corrected chi connectivity index (χ0v) is 16.1. The Morgan fingerprint density at radius 1 is 0.917 bits per heavy atom. The number of nitrogens with zero attached hydrogens (tertiary/aromatic N) is 2. The van der Waals surface area contributed by atoms with E-state index in [0.29, 0.717) is 34.9 Å². The van der Waals surface area contributed by atoms with Crippen molar-refractivity contribution in [2.24, 2.45) is 16.7 Å². The minimum absolute atomic E-state index is 0.423. The maximum atomic E-state index is 6.26. The summed E-state index contributed by atoms with van der Waals surface area (Å²) in [5, 5.41) is 0. The molecule has 4 aliphatic rings. The van der Waals surface area contributed by atoms with Crippen LogP contribution in [0.4, 0.5) is 0 Å². The van der Waals surface area contributed by atoms with Gasteiger partial charge in [0.05, 0.1) is 25.9 Å². The van der Waals surface area contributed by atoms with E-state index < -0.39 is 0 Å². The highest BCUT2D eigenvalue weighted by Crippen LogP contribution is 2.52. The van der Waals surface area contributed by atoms with Crippen molar-refractivity contribution < 1.29 is 9.47 Å². The van der Waals surface area contributed by atoms with E-state index in [9.17, 15) is 0 Å². The molecule has 4 aliphatic heterocycles. The third-order valence-electron chi connectivity index (χ3n) is 7.36. The van der Waals surface area contributed by atoms with E-state index in [2.05, 4.69) is 37.5 Å². The molecule has 0 amide bonds. The van der Waals surface area contributed by atoms with Gasteiger partial charge in [0, 0.05) is 36.0 Å². The first kappa shape index (κ1) is 17.3. The fraction of sp³-hybridized carbons (Fsp3) is 1.00. The fourth-order valence-corrected chi connectivity index (χ4v) is 5.64. The summed E-state index contributed by atoms with van der Waals surface area (Å²) in [5.74, 6) is 0.699. The van der Waals surface area contributed by atoms with E-state index in [4.69, 9.17) is 9.47 Å². The van der Waals surface area contributed by atoms with E-state index in [0.717, 1.165) is 19.8 Å². The summed E-state index contributed by atoms with van der Waals surface area (Å²) < 4.78 is 11.9. The average Bonchev–Trinajstić information content (AvgIpc) is 2.52. The molecule has 0 N–H and O–H groups in total. The Balaban J connectivity index is 1.45. The molecule has 0 aromatic carbocycles. The Morgan fingerprint density at radius 2 is 1.58 bits per heavy atom. The molecule has 0 bridgehead atoms. The summed E-state index contributed by atoms with van der Waals surface area (Å²) in [5.41, 5.74) is 0.897. The average molecular weight is 337 g/mol. The topological polar surface area (TPSA) is 24.9 Å². The monoisotopic (exact) mass is 336 g/mol. The molecular weight excluding hydrogens is 300 g/mol. The molecule has 4 heterocycles. The molecular formula is C20H36N2O2. The van der Waals surface area contributed by atoms with Gasteiger partial charge in [0.1, 0.15) is 0 Å². The molecule has 4 saturated heterocycles. The summed E-state index contributed by atoms with van der Waals surface area (Å²) >= 11 is 0. The lowest BCUT2D eigenvalue weighted by Crippen LogP contribution is -2.66. The van der Waals surface area contributed by atoms with Gasteiger partial charge < -0.3 is 14.4 Å². The van der Waals surface area contributed by atoms with Crippen molar-refractivity contribution in [3.63, 3.8) is 0 Å². The van der Waals surface area contributed by atoms with Gasteiger partial charge in [0.15, 0.2) is 0 Å². The SMILES string of the molecule is CC(C)N1CCC2(CC1)COC2C1CN(C(C)C)CC2(COC2)C1. The smallest absolute Gasteiger partial charge is 0.0695 e. The van der Waals surface area contributed by atoms with Gasteiger partial charge in [0.25, 0.3) is 0 Å². The standard InChI is InChI=1S/C20H36N2O2/c1-15(2)21-7-5-20(6-8-21)14-24-18(20)17-9-19(12-23-13-19)11-22(10-17)16(3)4/h15-18H,5-14H2,1-4H3. The molecule has 0 saturated carbocycles. The van der Waals surface area contributed by atoms with Crippen LogP contribution in [0.25, 0.3) is 0 Å². The van der Waals surface area contributed by atoms with E-state index >= 15 is 0 Å². The largest absolute Gasteiger partial charge is 0.380 e. The number of hydrogen-bond donors (Lipinski definition) is 0. The Morgan fingerprint density at radius 3 is 2.04 bits per heavy atom. The maximum Gasteiger partial charge on any atom is 0.0695 e.